The van der Waals surface area contributed by atoms with E-state index in [4.69, 9.17) is 0 Å². The number of hydrogen-bond donors (Lipinski definition) is 1. The molecule has 0 aliphatic carbocycles. The number of fused-ring (bicyclic) bond motifs is 2. The van der Waals surface area contributed by atoms with Crippen molar-refractivity contribution < 1.29 is 70.3 Å². The molecule has 168 valence electrons. The van der Waals surface area contributed by atoms with Crippen molar-refractivity contribution in [2.24, 2.45) is 0 Å². The molecule has 0 amide bonds. The van der Waals surface area contributed by atoms with Gasteiger partial charge in [-0.05, 0) is 53.2 Å². The smallest absolute Gasteiger partial charge is 1.00 e. The molecule has 0 fully saturated rings. The summed E-state index contributed by atoms with van der Waals surface area (Å²) in [4.78, 5) is 7.81. The van der Waals surface area contributed by atoms with Crippen LogP contribution in [0.15, 0.2) is 59.6 Å². The Balaban J connectivity index is 0.00000204. The molecule has 4 aromatic rings. The summed E-state index contributed by atoms with van der Waals surface area (Å²) in [7, 11) is -4.49. The van der Waals surface area contributed by atoms with E-state index in [2.05, 4.69) is 9.97 Å². The van der Waals surface area contributed by atoms with E-state index in [-0.39, 0.29) is 58.7 Å². The zero-order valence-corrected chi connectivity index (χ0v) is 19.3. The van der Waals surface area contributed by atoms with Crippen LogP contribution in [-0.4, -0.2) is 22.9 Å². The van der Waals surface area contributed by atoms with Crippen molar-refractivity contribution in [3.05, 3.63) is 65.9 Å². The topological polar surface area (TPSA) is 80.2 Å². The van der Waals surface area contributed by atoms with Crippen LogP contribution < -0.4 is 29.6 Å². The van der Waals surface area contributed by atoms with Gasteiger partial charge in [0.15, 0.2) is 0 Å². The summed E-state index contributed by atoms with van der Waals surface area (Å²) >= 11 is 0. The van der Waals surface area contributed by atoms with Gasteiger partial charge in [0.1, 0.15) is 0 Å². The Bertz CT molecular complexity index is 1460. The zero-order chi connectivity index (χ0) is 23.5. The number of rotatable bonds is 2. The van der Waals surface area contributed by atoms with Crippen molar-refractivity contribution >= 4 is 31.9 Å². The summed E-state index contributed by atoms with van der Waals surface area (Å²) < 4.78 is 111. The van der Waals surface area contributed by atoms with Gasteiger partial charge in [0.05, 0.1) is 38.9 Å². The molecule has 1 aromatic heterocycles. The molecule has 4 rings (SSSR count). The number of halogens is 6. The second-order valence-electron chi connectivity index (χ2n) is 6.87. The van der Waals surface area contributed by atoms with E-state index in [0.717, 1.165) is 12.3 Å². The average Bonchev–Trinajstić information content (AvgIpc) is 2.69. The maximum atomic E-state index is 13.1. The van der Waals surface area contributed by atoms with E-state index in [1.54, 1.807) is 0 Å². The fraction of sp³-hybridized carbons (Fsp3) is 0.100. The maximum absolute atomic E-state index is 13.1. The molecular weight excluding hydrogens is 485 g/mol. The van der Waals surface area contributed by atoms with Crippen LogP contribution in [0.5, 0.6) is 0 Å². The summed E-state index contributed by atoms with van der Waals surface area (Å²) in [5.41, 5.74) is -3.26. The first-order chi connectivity index (χ1) is 14.7. The number of nitrogens with zero attached hydrogens (tertiary/aromatic N) is 2. The second kappa shape index (κ2) is 8.51. The molecule has 5 nitrogen and oxygen atoms in total. The summed E-state index contributed by atoms with van der Waals surface area (Å²) in [5, 5.41) is 0.851. The Kier molecular flexibility index (Phi) is 6.54. The minimum absolute atomic E-state index is 0. The third-order valence-electron chi connectivity index (χ3n) is 4.65. The van der Waals surface area contributed by atoms with Crippen molar-refractivity contribution in [1.29, 1.82) is 0 Å². The fourth-order valence-electron chi connectivity index (χ4n) is 3.14. The van der Waals surface area contributed by atoms with Crippen molar-refractivity contribution in [3.63, 3.8) is 0 Å². The summed E-state index contributed by atoms with van der Waals surface area (Å²) in [5.74, 6) is 0. The largest absolute Gasteiger partial charge is 1.00 e. The molecule has 0 unspecified atom stereocenters. The van der Waals surface area contributed by atoms with Gasteiger partial charge in [0.25, 0.3) is 10.1 Å². The predicted octanol–water partition coefficient (Wildman–Crippen LogP) is 2.85. The number of hydrogen-bond acceptors (Lipinski definition) is 4. The van der Waals surface area contributed by atoms with E-state index < -0.39 is 39.2 Å². The average molecular weight is 496 g/mol. The van der Waals surface area contributed by atoms with E-state index in [0.29, 0.717) is 22.9 Å². The Hall–Kier alpha value is -2.25. The van der Waals surface area contributed by atoms with Gasteiger partial charge in [0, 0.05) is 5.56 Å². The molecule has 0 spiro atoms. The van der Waals surface area contributed by atoms with E-state index in [1.165, 1.54) is 24.3 Å². The van der Waals surface area contributed by atoms with Gasteiger partial charge in [-0.2, -0.15) is 34.8 Å². The van der Waals surface area contributed by atoms with E-state index >= 15 is 0 Å². The molecule has 0 radical (unpaired) electrons. The second-order valence-corrected chi connectivity index (χ2v) is 8.30. The van der Waals surface area contributed by atoms with Crippen LogP contribution in [-0.2, 0) is 22.5 Å². The molecule has 0 saturated heterocycles. The van der Waals surface area contributed by atoms with Gasteiger partial charge < -0.3 is 1.43 Å². The van der Waals surface area contributed by atoms with Crippen LogP contribution in [0.2, 0.25) is 0 Å². The Morgan fingerprint density at radius 1 is 0.788 bits per heavy atom. The van der Waals surface area contributed by atoms with Crippen LogP contribution in [0, 0.1) is 0 Å². The number of aromatic nitrogens is 2. The molecule has 0 saturated carbocycles. The van der Waals surface area contributed by atoms with Gasteiger partial charge in [-0.1, -0.05) is 6.07 Å². The maximum Gasteiger partial charge on any atom is 1.00 e. The van der Waals surface area contributed by atoms with Gasteiger partial charge in [-0.25, -0.2) is 4.98 Å². The molecule has 1 N–H and O–H groups in total. The van der Waals surface area contributed by atoms with Crippen molar-refractivity contribution in [3.8, 4) is 11.3 Å². The molecule has 0 aliphatic rings. The van der Waals surface area contributed by atoms with Crippen LogP contribution in [0.4, 0.5) is 26.3 Å². The van der Waals surface area contributed by atoms with Crippen molar-refractivity contribution in [1.82, 2.24) is 9.97 Å². The first kappa shape index (κ1) is 25.4. The van der Waals surface area contributed by atoms with Crippen LogP contribution in [0.3, 0.4) is 0 Å². The minimum Gasteiger partial charge on any atom is -1.00 e. The van der Waals surface area contributed by atoms with E-state index in [9.17, 15) is 39.3 Å². The van der Waals surface area contributed by atoms with Crippen molar-refractivity contribution in [2.75, 3.05) is 0 Å². The Morgan fingerprint density at radius 2 is 1.36 bits per heavy atom. The molecular formula is C20H11F6N2NaO3S. The standard InChI is InChI=1S/C20H10F6N2O3S.Na.H/c21-19(22,23)13-3-12(4-14(8-13)20(24,25)26)18-9-27-16-6-10-1-2-15(32(29,30)31)5-11(10)7-17(16)28-18;;/h1-9H,(H,29,30,31);;/q;+1;-1. The third kappa shape index (κ3) is 5.30. The van der Waals surface area contributed by atoms with Crippen molar-refractivity contribution in [2.45, 2.75) is 17.2 Å². The monoisotopic (exact) mass is 496 g/mol. The Labute approximate surface area is 206 Å². The fourth-order valence-corrected chi connectivity index (χ4v) is 3.65. The zero-order valence-electron chi connectivity index (χ0n) is 17.5. The Morgan fingerprint density at radius 3 is 1.91 bits per heavy atom. The number of alkyl halides is 6. The summed E-state index contributed by atoms with van der Waals surface area (Å²) in [6.07, 6.45) is -8.97. The van der Waals surface area contributed by atoms with Gasteiger partial charge >= 0.3 is 41.9 Å². The van der Waals surface area contributed by atoms with Crippen LogP contribution in [0.25, 0.3) is 33.1 Å². The summed E-state index contributed by atoms with van der Waals surface area (Å²) in [6.45, 7) is 0. The molecule has 3 aromatic carbocycles. The van der Waals surface area contributed by atoms with Gasteiger partial charge in [-0.15, -0.1) is 0 Å². The number of benzene rings is 3. The molecule has 0 aliphatic heterocycles. The summed E-state index contributed by atoms with van der Waals surface area (Å²) in [6, 6.07) is 7.73. The molecule has 0 bridgehead atoms. The van der Waals surface area contributed by atoms with Crippen LogP contribution in [0.1, 0.15) is 12.6 Å². The molecule has 0 atom stereocenters. The molecule has 13 heteroatoms. The van der Waals surface area contributed by atoms with Gasteiger partial charge in [0.2, 0.25) is 0 Å². The third-order valence-corrected chi connectivity index (χ3v) is 5.50. The minimum atomic E-state index is -5.01. The SMILES string of the molecule is O=S(=O)(O)c1ccc2cc3ncc(-c4cc(C(F)(F)F)cc(C(F)(F)F)c4)nc3cc2c1.[H-].[Na+]. The normalized spacial score (nSPS) is 12.7. The molecule has 1 heterocycles. The first-order valence-electron chi connectivity index (χ1n) is 8.70. The first-order valence-corrected chi connectivity index (χ1v) is 10.1. The van der Waals surface area contributed by atoms with Gasteiger partial charge in [-0.3, -0.25) is 9.54 Å². The van der Waals surface area contributed by atoms with E-state index in [1.807, 2.05) is 0 Å². The predicted molar refractivity (Wildman–Crippen MR) is 103 cm³/mol. The molecule has 33 heavy (non-hydrogen) atoms. The quantitative estimate of drug-likeness (QED) is 0.200. The van der Waals surface area contributed by atoms with Crippen LogP contribution >= 0.6 is 0 Å².